The summed E-state index contributed by atoms with van der Waals surface area (Å²) in [7, 11) is 0. The van der Waals surface area contributed by atoms with Gasteiger partial charge in [0.1, 0.15) is 36.0 Å². The molecule has 0 bridgehead atoms. The van der Waals surface area contributed by atoms with Gasteiger partial charge in [0.2, 0.25) is 29.5 Å². The molecule has 3 aromatic rings. The highest BCUT2D eigenvalue weighted by Gasteiger charge is 2.35. The van der Waals surface area contributed by atoms with E-state index in [0.717, 1.165) is 28.5 Å². The van der Waals surface area contributed by atoms with Gasteiger partial charge in [-0.15, -0.1) is 0 Å². The van der Waals surface area contributed by atoms with Crippen molar-refractivity contribution in [2.45, 2.75) is 95.4 Å². The summed E-state index contributed by atoms with van der Waals surface area (Å²) < 4.78 is 0. The molecule has 0 fully saturated rings. The molecule has 0 spiro atoms. The van der Waals surface area contributed by atoms with Crippen LogP contribution in [-0.4, -0.2) is 89.6 Å². The van der Waals surface area contributed by atoms with Gasteiger partial charge in [-0.1, -0.05) is 68.3 Å². The van der Waals surface area contributed by atoms with E-state index < -0.39 is 53.3 Å². The Kier molecular flexibility index (Phi) is 16.6. The van der Waals surface area contributed by atoms with Gasteiger partial charge in [-0.25, -0.2) is 0 Å². The fourth-order valence-electron chi connectivity index (χ4n) is 5.94. The molecule has 54 heavy (non-hydrogen) atoms. The molecular formula is C38H54N10O6. The molecule has 12 N–H and O–H groups in total. The predicted octanol–water partition coefficient (Wildman–Crippen LogP) is 0.189. The molecule has 5 amide bonds. The van der Waals surface area contributed by atoms with Crippen molar-refractivity contribution in [1.29, 1.82) is 0 Å². The minimum absolute atomic E-state index is 0.0708. The molecule has 5 atom stereocenters. The monoisotopic (exact) mass is 746 g/mol. The number of hydrogen-bond donors (Lipinski definition) is 9. The molecule has 5 unspecified atom stereocenters. The minimum atomic E-state index is -1.47. The molecule has 292 valence electrons. The van der Waals surface area contributed by atoms with Crippen LogP contribution < -0.4 is 43.8 Å². The van der Waals surface area contributed by atoms with Crippen LogP contribution in [-0.2, 0) is 41.6 Å². The van der Waals surface area contributed by atoms with Crippen LogP contribution in [0.4, 0.5) is 0 Å². The maximum Gasteiger partial charge on any atom is 0.243 e. The Bertz CT molecular complexity index is 1760. The fourth-order valence-corrected chi connectivity index (χ4v) is 5.94. The Labute approximate surface area is 315 Å². The van der Waals surface area contributed by atoms with Gasteiger partial charge >= 0.3 is 0 Å². The number of aliphatic imine (C=N–C) groups is 1. The van der Waals surface area contributed by atoms with Crippen molar-refractivity contribution in [2.24, 2.45) is 22.2 Å². The number of fused-ring (bicyclic) bond motifs is 1. The SMILES string of the molecule is CCCCC(NC(C)=O)C(=O)NC(Cc1ccccc1)C(=O)NC(CCCN=C(N)N)C(=O)NC(C)C(=O)NC(C=O)(CN)Cc1c[nH]c2ccccc12. The third-order valence-corrected chi connectivity index (χ3v) is 8.93. The molecule has 0 saturated heterocycles. The molecule has 16 nitrogen and oxygen atoms in total. The fraction of sp³-hybridized carbons (Fsp3) is 0.447. The average Bonchev–Trinajstić information content (AvgIpc) is 3.55. The Morgan fingerprint density at radius 1 is 0.833 bits per heavy atom. The van der Waals surface area contributed by atoms with Crippen molar-refractivity contribution in [3.05, 3.63) is 71.9 Å². The number of aromatic amines is 1. The van der Waals surface area contributed by atoms with E-state index in [1.54, 1.807) is 30.5 Å². The number of unbranched alkanes of at least 4 members (excludes halogenated alkanes) is 1. The second kappa shape index (κ2) is 21.1. The normalized spacial score (nSPS) is 14.3. The number of carbonyl (C=O) groups is 6. The molecular weight excluding hydrogens is 692 g/mol. The lowest BCUT2D eigenvalue weighted by Gasteiger charge is -2.30. The summed E-state index contributed by atoms with van der Waals surface area (Å²) in [6.07, 6.45) is 4.71. The quantitative estimate of drug-likeness (QED) is 0.0294. The summed E-state index contributed by atoms with van der Waals surface area (Å²) in [6.45, 7) is 4.66. The first-order valence-corrected chi connectivity index (χ1v) is 18.1. The Morgan fingerprint density at radius 3 is 2.09 bits per heavy atom. The lowest BCUT2D eigenvalue weighted by molar-refractivity contribution is -0.135. The summed E-state index contributed by atoms with van der Waals surface area (Å²) in [4.78, 5) is 86.0. The Morgan fingerprint density at radius 2 is 1.44 bits per heavy atom. The van der Waals surface area contributed by atoms with Gasteiger partial charge in [0.05, 0.1) is 0 Å². The first kappa shape index (κ1) is 42.6. The number of nitrogens with two attached hydrogens (primary N) is 3. The number of guanidine groups is 1. The van der Waals surface area contributed by atoms with E-state index >= 15 is 0 Å². The lowest BCUT2D eigenvalue weighted by Crippen LogP contribution is -2.62. The molecule has 0 aliphatic rings. The van der Waals surface area contributed by atoms with Crippen molar-refractivity contribution >= 4 is 52.7 Å². The number of H-pyrrole nitrogens is 1. The number of amides is 5. The summed E-state index contributed by atoms with van der Waals surface area (Å²) in [5, 5.41) is 14.4. The van der Waals surface area contributed by atoms with Crippen molar-refractivity contribution in [1.82, 2.24) is 31.6 Å². The third kappa shape index (κ3) is 13.0. The van der Waals surface area contributed by atoms with Crippen LogP contribution in [0.3, 0.4) is 0 Å². The van der Waals surface area contributed by atoms with Crippen LogP contribution in [0.2, 0.25) is 0 Å². The molecule has 1 heterocycles. The summed E-state index contributed by atoms with van der Waals surface area (Å²) in [6, 6.07) is 12.2. The number of hydrogen-bond acceptors (Lipinski definition) is 8. The van der Waals surface area contributed by atoms with Gasteiger partial charge in [0.25, 0.3) is 0 Å². The Hall–Kier alpha value is -5.77. The third-order valence-electron chi connectivity index (χ3n) is 8.93. The highest BCUT2D eigenvalue weighted by atomic mass is 16.2. The number of aldehydes is 1. The number of nitrogens with one attached hydrogen (secondary N) is 6. The number of nitrogens with zero attached hydrogens (tertiary/aromatic N) is 1. The van der Waals surface area contributed by atoms with E-state index in [4.69, 9.17) is 17.2 Å². The zero-order valence-electron chi connectivity index (χ0n) is 31.2. The predicted molar refractivity (Wildman–Crippen MR) is 207 cm³/mol. The first-order chi connectivity index (χ1) is 25.8. The van der Waals surface area contributed by atoms with Crippen molar-refractivity contribution < 1.29 is 28.8 Å². The Balaban J connectivity index is 1.80. The van der Waals surface area contributed by atoms with Crippen LogP contribution in [0.1, 0.15) is 64.0 Å². The maximum absolute atomic E-state index is 13.9. The van der Waals surface area contributed by atoms with Gasteiger partial charge in [-0.2, -0.15) is 0 Å². The zero-order valence-corrected chi connectivity index (χ0v) is 31.2. The number of benzene rings is 2. The number of aromatic nitrogens is 1. The molecule has 0 saturated carbocycles. The van der Waals surface area contributed by atoms with Gasteiger partial charge in [-0.05, 0) is 43.4 Å². The van der Waals surface area contributed by atoms with Crippen LogP contribution in [0.25, 0.3) is 10.9 Å². The van der Waals surface area contributed by atoms with Gasteiger partial charge in [0.15, 0.2) is 5.96 Å². The van der Waals surface area contributed by atoms with Crippen molar-refractivity contribution in [2.75, 3.05) is 13.1 Å². The number of para-hydroxylation sites is 1. The molecule has 1 aromatic heterocycles. The van der Waals surface area contributed by atoms with E-state index in [0.29, 0.717) is 19.1 Å². The molecule has 16 heteroatoms. The van der Waals surface area contributed by atoms with E-state index in [-0.39, 0.29) is 50.6 Å². The second-order valence-corrected chi connectivity index (χ2v) is 13.4. The van der Waals surface area contributed by atoms with E-state index in [1.807, 2.05) is 37.3 Å². The lowest BCUT2D eigenvalue weighted by atomic mass is 9.91. The summed E-state index contributed by atoms with van der Waals surface area (Å²) in [5.41, 5.74) is 17.9. The smallest absolute Gasteiger partial charge is 0.243 e. The summed E-state index contributed by atoms with van der Waals surface area (Å²) >= 11 is 0. The topological polar surface area (TPSA) is 269 Å². The molecule has 2 aromatic carbocycles. The second-order valence-electron chi connectivity index (χ2n) is 13.4. The zero-order chi connectivity index (χ0) is 39.7. The van der Waals surface area contributed by atoms with E-state index in [2.05, 4.69) is 36.6 Å². The van der Waals surface area contributed by atoms with Crippen molar-refractivity contribution in [3.8, 4) is 0 Å². The first-order valence-electron chi connectivity index (χ1n) is 18.1. The molecule has 0 aliphatic carbocycles. The van der Waals surface area contributed by atoms with Crippen LogP contribution in [0.15, 0.2) is 65.8 Å². The van der Waals surface area contributed by atoms with Crippen LogP contribution in [0.5, 0.6) is 0 Å². The minimum Gasteiger partial charge on any atom is -0.370 e. The van der Waals surface area contributed by atoms with Crippen LogP contribution >= 0.6 is 0 Å². The largest absolute Gasteiger partial charge is 0.370 e. The van der Waals surface area contributed by atoms with E-state index in [9.17, 15) is 28.8 Å². The average molecular weight is 747 g/mol. The molecule has 0 radical (unpaired) electrons. The standard InChI is InChI=1S/C38H54N10O6/c1-4-5-15-30(45-25(3)50)35(53)47-32(19-26-12-7-6-8-13-26)36(54)46-31(17-11-18-42-37(40)41)34(52)44-24(2)33(51)48-38(22-39,23-49)20-27-21-43-29-16-10-9-14-28(27)29/h6-10,12-14,16,21,23-24,30-32,43H,4-5,11,15,17-20,22,39H2,1-3H3,(H,44,52)(H,45,50)(H,46,54)(H,47,53)(H,48,51)(H4,40,41,42). The van der Waals surface area contributed by atoms with Crippen LogP contribution in [0, 0.1) is 0 Å². The van der Waals surface area contributed by atoms with Crippen molar-refractivity contribution in [3.63, 3.8) is 0 Å². The van der Waals surface area contributed by atoms with Gasteiger partial charge in [0, 0.05) is 50.0 Å². The summed E-state index contributed by atoms with van der Waals surface area (Å²) in [5.74, 6) is -3.10. The number of carbonyl (C=O) groups excluding carboxylic acids is 6. The highest BCUT2D eigenvalue weighted by molar-refractivity contribution is 5.96. The molecule has 0 aliphatic heterocycles. The van der Waals surface area contributed by atoms with Gasteiger partial charge < -0.3 is 53.6 Å². The van der Waals surface area contributed by atoms with Gasteiger partial charge in [-0.3, -0.25) is 29.0 Å². The maximum atomic E-state index is 13.9. The highest BCUT2D eigenvalue weighted by Crippen LogP contribution is 2.22. The van der Waals surface area contributed by atoms with E-state index in [1.165, 1.54) is 13.8 Å². The number of rotatable bonds is 22. The molecule has 3 rings (SSSR count).